The van der Waals surface area contributed by atoms with Crippen LogP contribution in [0.3, 0.4) is 0 Å². The van der Waals surface area contributed by atoms with E-state index < -0.39 is 0 Å². The first-order valence-electron chi connectivity index (χ1n) is 9.78. The maximum absolute atomic E-state index is 5.26. The smallest absolute Gasteiger partial charge is 0.0589 e. The van der Waals surface area contributed by atoms with Gasteiger partial charge in [-0.2, -0.15) is 0 Å². The first kappa shape index (κ1) is 17.9. The van der Waals surface area contributed by atoms with Gasteiger partial charge in [-0.25, -0.2) is 0 Å². The molecule has 1 aromatic rings. The number of rotatable bonds is 6. The summed E-state index contributed by atoms with van der Waals surface area (Å²) in [6, 6.07) is 7.24. The van der Waals surface area contributed by atoms with Crippen LogP contribution in [0.5, 0.6) is 0 Å². The third kappa shape index (κ3) is 3.15. The number of ether oxygens (including phenoxy) is 1. The molecule has 0 heterocycles. The van der Waals surface area contributed by atoms with Crippen molar-refractivity contribution in [3.8, 4) is 0 Å². The molecule has 2 atom stereocenters. The third-order valence-electron chi connectivity index (χ3n) is 7.06. The molecule has 1 aromatic carbocycles. The molecule has 0 amide bonds. The summed E-state index contributed by atoms with van der Waals surface area (Å²) in [6.07, 6.45) is 9.52. The Morgan fingerprint density at radius 1 is 1.12 bits per heavy atom. The second kappa shape index (κ2) is 7.17. The van der Waals surface area contributed by atoms with Gasteiger partial charge < -0.3 is 9.64 Å². The molecule has 0 spiro atoms. The Morgan fingerprint density at radius 2 is 1.92 bits per heavy atom. The molecule has 0 unspecified atom stereocenters. The van der Waals surface area contributed by atoms with Gasteiger partial charge in [-0.3, -0.25) is 0 Å². The summed E-state index contributed by atoms with van der Waals surface area (Å²) in [6.45, 7) is 7.88. The normalized spacial score (nSPS) is 29.4. The quantitative estimate of drug-likeness (QED) is 0.748. The molecule has 2 aliphatic rings. The molecule has 0 aliphatic heterocycles. The maximum Gasteiger partial charge on any atom is 0.0589 e. The summed E-state index contributed by atoms with van der Waals surface area (Å²) in [5.74, 6) is 0. The molecule has 2 heteroatoms. The molecule has 0 saturated heterocycles. The van der Waals surface area contributed by atoms with Crippen molar-refractivity contribution in [2.45, 2.75) is 64.2 Å². The molecule has 24 heavy (non-hydrogen) atoms. The molecule has 0 bridgehead atoms. The number of fused-ring (bicyclic) bond motifs is 3. The number of benzene rings is 1. The Balaban J connectivity index is 1.91. The summed E-state index contributed by atoms with van der Waals surface area (Å²) in [7, 11) is 4.04. The maximum atomic E-state index is 5.26. The van der Waals surface area contributed by atoms with Gasteiger partial charge in [0, 0.05) is 19.1 Å². The first-order chi connectivity index (χ1) is 11.5. The zero-order valence-corrected chi connectivity index (χ0v) is 16.2. The summed E-state index contributed by atoms with van der Waals surface area (Å²) in [5, 5.41) is 0. The van der Waals surface area contributed by atoms with Gasteiger partial charge in [-0.1, -0.05) is 43.5 Å². The lowest BCUT2D eigenvalue weighted by atomic mass is 9.48. The minimum Gasteiger partial charge on any atom is -0.383 e. The lowest BCUT2D eigenvalue weighted by Crippen LogP contribution is -2.51. The number of nitrogens with zero attached hydrogens (tertiary/aromatic N) is 1. The summed E-state index contributed by atoms with van der Waals surface area (Å²) >= 11 is 0. The van der Waals surface area contributed by atoms with Gasteiger partial charge in [0.2, 0.25) is 0 Å². The van der Waals surface area contributed by atoms with Gasteiger partial charge in [0.25, 0.3) is 0 Å². The molecule has 1 fully saturated rings. The molecule has 0 N–H and O–H groups in total. The van der Waals surface area contributed by atoms with Crippen molar-refractivity contribution in [2.75, 3.05) is 33.9 Å². The fourth-order valence-electron chi connectivity index (χ4n) is 5.37. The minimum absolute atomic E-state index is 0.381. The van der Waals surface area contributed by atoms with E-state index in [4.69, 9.17) is 4.74 Å². The molecule has 0 radical (unpaired) electrons. The molecule has 2 aliphatic carbocycles. The van der Waals surface area contributed by atoms with E-state index in [1.165, 1.54) is 57.1 Å². The van der Waals surface area contributed by atoms with Crippen molar-refractivity contribution < 1.29 is 4.74 Å². The fraction of sp³-hybridized carbons (Fsp3) is 0.727. The van der Waals surface area contributed by atoms with E-state index in [1.807, 2.05) is 0 Å². The average molecular weight is 330 g/mol. The summed E-state index contributed by atoms with van der Waals surface area (Å²) in [5.41, 5.74) is 5.60. The number of hydrogen-bond donors (Lipinski definition) is 0. The summed E-state index contributed by atoms with van der Waals surface area (Å²) in [4.78, 5) is 2.46. The van der Waals surface area contributed by atoms with E-state index in [-0.39, 0.29) is 0 Å². The van der Waals surface area contributed by atoms with Crippen molar-refractivity contribution in [3.05, 3.63) is 34.9 Å². The van der Waals surface area contributed by atoms with Gasteiger partial charge in [0.05, 0.1) is 6.61 Å². The highest BCUT2D eigenvalue weighted by atomic mass is 16.5. The van der Waals surface area contributed by atoms with Crippen LogP contribution < -0.4 is 0 Å². The van der Waals surface area contributed by atoms with Crippen LogP contribution in [-0.2, 0) is 16.6 Å². The van der Waals surface area contributed by atoms with Crippen molar-refractivity contribution >= 4 is 0 Å². The molecular formula is C22H35NO. The zero-order valence-electron chi connectivity index (χ0n) is 16.2. The standard InChI is InChI=1S/C22H35NO/c1-18-7-8-19-9-12-21(2)10-5-6-11-22(21,20(19)17-18)13-14-23(3)15-16-24-4/h7-8,17H,5-6,9-16H2,1-4H3/t21-,22-/m1/s1. The van der Waals surface area contributed by atoms with Crippen molar-refractivity contribution in [1.29, 1.82) is 0 Å². The Labute approximate surface area is 148 Å². The van der Waals surface area contributed by atoms with Crippen LogP contribution in [-0.4, -0.2) is 38.8 Å². The summed E-state index contributed by atoms with van der Waals surface area (Å²) < 4.78 is 5.26. The van der Waals surface area contributed by atoms with Crippen LogP contribution in [0, 0.1) is 12.3 Å². The lowest BCUT2D eigenvalue weighted by molar-refractivity contribution is 0.0356. The molecule has 3 rings (SSSR count). The highest BCUT2D eigenvalue weighted by molar-refractivity contribution is 5.42. The van der Waals surface area contributed by atoms with Gasteiger partial charge in [0.15, 0.2) is 0 Å². The van der Waals surface area contributed by atoms with Crippen LogP contribution in [0.25, 0.3) is 0 Å². The predicted molar refractivity (Wildman–Crippen MR) is 102 cm³/mol. The molecular weight excluding hydrogens is 294 g/mol. The number of likely N-dealkylation sites (N-methyl/N-ethyl adjacent to an activating group) is 1. The Bertz CT molecular complexity index is 569. The van der Waals surface area contributed by atoms with E-state index in [2.05, 4.69) is 44.0 Å². The van der Waals surface area contributed by atoms with E-state index in [0.717, 1.165) is 13.2 Å². The molecule has 1 saturated carbocycles. The number of hydrogen-bond acceptors (Lipinski definition) is 2. The topological polar surface area (TPSA) is 12.5 Å². The predicted octanol–water partition coefficient (Wildman–Crippen LogP) is 4.73. The van der Waals surface area contributed by atoms with Crippen LogP contribution >= 0.6 is 0 Å². The van der Waals surface area contributed by atoms with Crippen LogP contribution in [0.15, 0.2) is 18.2 Å². The monoisotopic (exact) mass is 329 g/mol. The SMILES string of the molecule is COCCN(C)CC[C@@]12CCCC[C@]1(C)CCc1ccc(C)cc12. The average Bonchev–Trinajstić information content (AvgIpc) is 2.58. The minimum atomic E-state index is 0.381. The molecule has 0 aromatic heterocycles. The van der Waals surface area contributed by atoms with Crippen LogP contribution in [0.2, 0.25) is 0 Å². The highest BCUT2D eigenvalue weighted by Crippen LogP contribution is 2.59. The Hall–Kier alpha value is -0.860. The highest BCUT2D eigenvalue weighted by Gasteiger charge is 2.52. The van der Waals surface area contributed by atoms with Gasteiger partial charge in [0.1, 0.15) is 0 Å². The van der Waals surface area contributed by atoms with E-state index in [1.54, 1.807) is 18.2 Å². The van der Waals surface area contributed by atoms with Crippen molar-refractivity contribution in [3.63, 3.8) is 0 Å². The largest absolute Gasteiger partial charge is 0.383 e. The van der Waals surface area contributed by atoms with Crippen LogP contribution in [0.1, 0.15) is 62.1 Å². The van der Waals surface area contributed by atoms with Gasteiger partial charge in [-0.05, 0) is 69.2 Å². The lowest BCUT2D eigenvalue weighted by Gasteiger charge is -2.57. The van der Waals surface area contributed by atoms with Gasteiger partial charge >= 0.3 is 0 Å². The Kier molecular flexibility index (Phi) is 5.36. The van der Waals surface area contributed by atoms with Crippen molar-refractivity contribution in [1.82, 2.24) is 4.90 Å². The first-order valence-corrected chi connectivity index (χ1v) is 9.78. The number of aryl methyl sites for hydroxylation is 2. The molecule has 2 nitrogen and oxygen atoms in total. The van der Waals surface area contributed by atoms with E-state index in [0.29, 0.717) is 10.8 Å². The van der Waals surface area contributed by atoms with E-state index in [9.17, 15) is 0 Å². The van der Waals surface area contributed by atoms with Crippen molar-refractivity contribution in [2.24, 2.45) is 5.41 Å². The Morgan fingerprint density at radius 3 is 2.71 bits per heavy atom. The fourth-order valence-corrected chi connectivity index (χ4v) is 5.37. The van der Waals surface area contributed by atoms with Crippen LogP contribution in [0.4, 0.5) is 0 Å². The number of methoxy groups -OCH3 is 1. The van der Waals surface area contributed by atoms with Gasteiger partial charge in [-0.15, -0.1) is 0 Å². The second-order valence-electron chi connectivity index (χ2n) is 8.56. The third-order valence-corrected chi connectivity index (χ3v) is 7.06. The zero-order chi connectivity index (χ0) is 17.2. The van der Waals surface area contributed by atoms with E-state index >= 15 is 0 Å². The second-order valence-corrected chi connectivity index (χ2v) is 8.56. The molecule has 134 valence electrons.